The van der Waals surface area contributed by atoms with Crippen LogP contribution in [-0.4, -0.2) is 46.8 Å². The van der Waals surface area contributed by atoms with Gasteiger partial charge in [0.1, 0.15) is 29.0 Å². The minimum Gasteiger partial charge on any atom is -0.383 e. The zero-order valence-electron chi connectivity index (χ0n) is 19.9. The third-order valence-electron chi connectivity index (χ3n) is 6.31. The molecule has 1 saturated heterocycles. The molecule has 0 spiro atoms. The summed E-state index contributed by atoms with van der Waals surface area (Å²) in [6.45, 7) is 7.50. The number of nitrogens with zero attached hydrogens (tertiary/aromatic N) is 4. The Labute approximate surface area is 220 Å². The molecule has 0 bridgehead atoms. The number of nitrogen functional groups attached to an aromatic ring is 1. The number of likely N-dealkylation sites (tertiary alicyclic amines) is 1. The first-order valence-corrected chi connectivity index (χ1v) is 12.6. The summed E-state index contributed by atoms with van der Waals surface area (Å²) in [7, 11) is 0. The summed E-state index contributed by atoms with van der Waals surface area (Å²) in [6.07, 6.45) is 3.34. The summed E-state index contributed by atoms with van der Waals surface area (Å²) in [4.78, 5) is 11.5. The van der Waals surface area contributed by atoms with Crippen LogP contribution in [-0.2, 0) is 6.54 Å². The van der Waals surface area contributed by atoms with Crippen molar-refractivity contribution in [1.82, 2.24) is 19.8 Å². The van der Waals surface area contributed by atoms with Crippen LogP contribution in [0.4, 0.5) is 10.2 Å². The first-order valence-electron chi connectivity index (χ1n) is 11.8. The Balaban J connectivity index is 1.61. The third-order valence-corrected chi connectivity index (χ3v) is 6.94. The van der Waals surface area contributed by atoms with Gasteiger partial charge >= 0.3 is 0 Å². The van der Waals surface area contributed by atoms with E-state index in [1.165, 1.54) is 6.07 Å². The van der Waals surface area contributed by atoms with Crippen LogP contribution < -0.4 is 16.8 Å². The highest BCUT2D eigenvalue weighted by Crippen LogP contribution is 2.39. The van der Waals surface area contributed by atoms with Gasteiger partial charge in [0.25, 0.3) is 0 Å². The van der Waals surface area contributed by atoms with E-state index < -0.39 is 0 Å². The average molecular weight is 530 g/mol. The predicted molar refractivity (Wildman–Crippen MR) is 146 cm³/mol. The fourth-order valence-electron chi connectivity index (χ4n) is 4.42. The maximum atomic E-state index is 13.9. The first kappa shape index (κ1) is 26.2. The van der Waals surface area contributed by atoms with Crippen LogP contribution in [0.1, 0.15) is 30.1 Å². The molecule has 36 heavy (non-hydrogen) atoms. The van der Waals surface area contributed by atoms with Gasteiger partial charge in [0.15, 0.2) is 0 Å². The van der Waals surface area contributed by atoms with Crippen LogP contribution in [0.3, 0.4) is 0 Å². The molecule has 0 atom stereocenters. The summed E-state index contributed by atoms with van der Waals surface area (Å²) >= 11 is 13.1. The molecule has 1 aliphatic heterocycles. The van der Waals surface area contributed by atoms with Gasteiger partial charge in [-0.1, -0.05) is 54.0 Å². The lowest BCUT2D eigenvalue weighted by Gasteiger charge is -2.33. The lowest BCUT2D eigenvalue weighted by Crippen LogP contribution is -2.38. The Kier molecular flexibility index (Phi) is 8.64. The number of aromatic nitrogens is 2. The van der Waals surface area contributed by atoms with Crippen LogP contribution in [0.2, 0.25) is 10.0 Å². The van der Waals surface area contributed by atoms with E-state index in [1.54, 1.807) is 42.6 Å². The highest BCUT2D eigenvalue weighted by molar-refractivity contribution is 6.39. The quantitative estimate of drug-likeness (QED) is 0.344. The van der Waals surface area contributed by atoms with E-state index >= 15 is 0 Å². The molecular formula is C26H30Cl2FN7. The van der Waals surface area contributed by atoms with Crippen LogP contribution in [0.25, 0.3) is 11.4 Å². The lowest BCUT2D eigenvalue weighted by molar-refractivity contribution is 0.192. The number of hydrogen-bond acceptors (Lipinski definition) is 6. The molecule has 0 amide bonds. The van der Waals surface area contributed by atoms with Crippen molar-refractivity contribution in [3.05, 3.63) is 82.0 Å². The number of halogens is 3. The number of piperidine rings is 1. The normalized spacial score (nSPS) is 15.0. The van der Waals surface area contributed by atoms with Crippen molar-refractivity contribution in [3.63, 3.8) is 0 Å². The molecule has 10 heteroatoms. The molecule has 1 aromatic heterocycles. The topological polar surface area (TPSA) is 97.5 Å². The molecule has 1 fully saturated rings. The van der Waals surface area contributed by atoms with E-state index in [0.29, 0.717) is 50.9 Å². The van der Waals surface area contributed by atoms with Crippen molar-refractivity contribution >= 4 is 35.2 Å². The maximum absolute atomic E-state index is 13.9. The predicted octanol–water partition coefficient (Wildman–Crippen LogP) is 4.85. The van der Waals surface area contributed by atoms with Gasteiger partial charge in [-0.25, -0.2) is 14.4 Å². The highest BCUT2D eigenvalue weighted by atomic mass is 35.5. The molecule has 0 saturated carbocycles. The van der Waals surface area contributed by atoms with Gasteiger partial charge < -0.3 is 26.3 Å². The van der Waals surface area contributed by atoms with Crippen molar-refractivity contribution in [2.75, 3.05) is 31.9 Å². The Morgan fingerprint density at radius 3 is 2.53 bits per heavy atom. The number of nitrogens with one attached hydrogen (secondary N) is 1. The van der Waals surface area contributed by atoms with Crippen LogP contribution in [0.5, 0.6) is 0 Å². The number of aliphatic imine (C=N–C) groups is 1. The van der Waals surface area contributed by atoms with E-state index in [1.807, 2.05) is 4.57 Å². The summed E-state index contributed by atoms with van der Waals surface area (Å²) < 4.78 is 15.9. The zero-order valence-corrected chi connectivity index (χ0v) is 21.4. The Morgan fingerprint density at radius 1 is 1.17 bits per heavy atom. The molecule has 0 radical (unpaired) electrons. The van der Waals surface area contributed by atoms with Gasteiger partial charge in [-0.15, -0.1) is 0 Å². The van der Waals surface area contributed by atoms with Gasteiger partial charge in [-0.05, 0) is 31.0 Å². The molecule has 2 heterocycles. The van der Waals surface area contributed by atoms with Gasteiger partial charge in [0.2, 0.25) is 0 Å². The number of rotatable bonds is 9. The lowest BCUT2D eigenvalue weighted by atomic mass is 10.0. The minimum absolute atomic E-state index is 0.124. The van der Waals surface area contributed by atoms with Crippen molar-refractivity contribution in [1.29, 1.82) is 0 Å². The number of imidazole rings is 1. The smallest absolute Gasteiger partial charge is 0.145 e. The van der Waals surface area contributed by atoms with Crippen LogP contribution in [0, 0.1) is 5.82 Å². The van der Waals surface area contributed by atoms with Crippen LogP contribution in [0.15, 0.2) is 59.9 Å². The molecule has 190 valence electrons. The molecule has 4 rings (SSSR count). The molecule has 0 aliphatic carbocycles. The fourth-order valence-corrected chi connectivity index (χ4v) is 4.99. The summed E-state index contributed by atoms with van der Waals surface area (Å²) in [5.74, 6) is 1.15. The van der Waals surface area contributed by atoms with E-state index in [0.717, 1.165) is 32.5 Å². The van der Waals surface area contributed by atoms with E-state index in [-0.39, 0.29) is 18.4 Å². The van der Waals surface area contributed by atoms with E-state index in [2.05, 4.69) is 21.8 Å². The zero-order chi connectivity index (χ0) is 25.7. The molecular weight excluding hydrogens is 500 g/mol. The van der Waals surface area contributed by atoms with Crippen molar-refractivity contribution in [3.8, 4) is 11.4 Å². The SMILES string of the molecule is C=C(N=Cc1nc(-c2c(Cl)cccc2Cl)n(C2CCN(CCN)CC2)c1N)NCc1ccccc1F. The molecule has 7 nitrogen and oxygen atoms in total. The van der Waals surface area contributed by atoms with Gasteiger partial charge in [0, 0.05) is 44.3 Å². The second-order valence-corrected chi connectivity index (χ2v) is 9.50. The first-order chi connectivity index (χ1) is 17.4. The van der Waals surface area contributed by atoms with Gasteiger partial charge in [-0.3, -0.25) is 0 Å². The Morgan fingerprint density at radius 2 is 1.86 bits per heavy atom. The van der Waals surface area contributed by atoms with Crippen molar-refractivity contribution in [2.45, 2.75) is 25.4 Å². The Bertz CT molecular complexity index is 1230. The van der Waals surface area contributed by atoms with Crippen molar-refractivity contribution in [2.24, 2.45) is 10.7 Å². The summed E-state index contributed by atoms with van der Waals surface area (Å²) in [6, 6.07) is 12.0. The molecule has 0 unspecified atom stereocenters. The third kappa shape index (κ3) is 5.90. The molecule has 5 N–H and O–H groups in total. The molecule has 1 aliphatic rings. The second-order valence-electron chi connectivity index (χ2n) is 8.68. The minimum atomic E-state index is -0.288. The van der Waals surface area contributed by atoms with E-state index in [4.69, 9.17) is 39.7 Å². The highest BCUT2D eigenvalue weighted by Gasteiger charge is 2.28. The van der Waals surface area contributed by atoms with Crippen LogP contribution >= 0.6 is 23.2 Å². The molecule has 2 aromatic carbocycles. The Hall–Kier alpha value is -2.91. The monoisotopic (exact) mass is 529 g/mol. The maximum Gasteiger partial charge on any atom is 0.145 e. The number of nitrogens with two attached hydrogens (primary N) is 2. The standard InChI is InChI=1S/C26H30Cl2FN7/c1-17(32-15-18-5-2-3-8-22(18)29)33-16-23-25(31)36(19-9-12-35(13-10-19)14-11-30)26(34-23)24-20(27)6-4-7-21(24)28/h2-8,16,19,32H,1,9-15,30-31H2. The fraction of sp³-hybridized carbons (Fsp3) is 0.308. The number of anilines is 1. The van der Waals surface area contributed by atoms with E-state index in [9.17, 15) is 4.39 Å². The molecule has 3 aromatic rings. The largest absolute Gasteiger partial charge is 0.383 e. The van der Waals surface area contributed by atoms with Gasteiger partial charge in [0.05, 0.1) is 21.8 Å². The van der Waals surface area contributed by atoms with Gasteiger partial charge in [-0.2, -0.15) is 0 Å². The average Bonchev–Trinajstić information content (AvgIpc) is 3.18. The number of hydrogen-bond donors (Lipinski definition) is 3. The second kappa shape index (κ2) is 11.9. The van der Waals surface area contributed by atoms with Crippen molar-refractivity contribution < 1.29 is 4.39 Å². The summed E-state index contributed by atoms with van der Waals surface area (Å²) in [5, 5.41) is 4.00. The summed E-state index contributed by atoms with van der Waals surface area (Å²) in [5.41, 5.74) is 14.0. The number of benzene rings is 2.